The Morgan fingerprint density at radius 3 is 2.48 bits per heavy atom. The lowest BCUT2D eigenvalue weighted by Gasteiger charge is -2.22. The Labute approximate surface area is 129 Å². The molecule has 0 aliphatic rings. The fraction of sp³-hybridized carbons (Fsp3) is 0.571. The van der Waals surface area contributed by atoms with Crippen molar-refractivity contribution in [3.8, 4) is 0 Å². The van der Waals surface area contributed by atoms with E-state index in [-0.39, 0.29) is 18.3 Å². The zero-order valence-corrected chi connectivity index (χ0v) is 13.9. The first-order chi connectivity index (χ1) is 9.94. The Hall–Kier alpha value is -1.63. The van der Waals surface area contributed by atoms with E-state index in [1.807, 2.05) is 13.2 Å². The van der Waals surface area contributed by atoms with E-state index in [0.29, 0.717) is 35.2 Å². The number of aromatic nitrogens is 2. The molecule has 0 aromatic carbocycles. The van der Waals surface area contributed by atoms with Crippen molar-refractivity contribution in [2.24, 2.45) is 0 Å². The van der Waals surface area contributed by atoms with Gasteiger partial charge in [-0.15, -0.1) is 11.8 Å². The summed E-state index contributed by atoms with van der Waals surface area (Å²) in [7, 11) is 1.34. The highest BCUT2D eigenvalue weighted by Gasteiger charge is 2.22. The minimum atomic E-state index is -0.330. The summed E-state index contributed by atoms with van der Waals surface area (Å²) < 4.78 is 4.61. The van der Waals surface area contributed by atoms with Crippen LogP contribution in [0.5, 0.6) is 0 Å². The first kappa shape index (κ1) is 17.4. The third-order valence-electron chi connectivity index (χ3n) is 3.06. The number of esters is 1. The van der Waals surface area contributed by atoms with Gasteiger partial charge >= 0.3 is 5.97 Å². The molecule has 1 aromatic heterocycles. The minimum Gasteiger partial charge on any atom is -0.469 e. The van der Waals surface area contributed by atoms with E-state index < -0.39 is 0 Å². The minimum absolute atomic E-state index is 0.150. The highest BCUT2D eigenvalue weighted by atomic mass is 32.2. The van der Waals surface area contributed by atoms with E-state index in [4.69, 9.17) is 0 Å². The van der Waals surface area contributed by atoms with Gasteiger partial charge in [0, 0.05) is 13.1 Å². The van der Waals surface area contributed by atoms with Crippen molar-refractivity contribution in [2.45, 2.75) is 32.2 Å². The average Bonchev–Trinajstić information content (AvgIpc) is 2.46. The van der Waals surface area contributed by atoms with Crippen LogP contribution in [0.1, 0.15) is 35.2 Å². The Balaban J connectivity index is 3.02. The molecular weight excluding hydrogens is 290 g/mol. The molecular formula is C14H21N3O3S. The molecule has 6 nitrogen and oxygen atoms in total. The lowest BCUT2D eigenvalue weighted by atomic mass is 10.2. The number of hydrogen-bond acceptors (Lipinski definition) is 6. The van der Waals surface area contributed by atoms with Gasteiger partial charge in [0.15, 0.2) is 0 Å². The van der Waals surface area contributed by atoms with Gasteiger partial charge in [-0.2, -0.15) is 0 Å². The number of carbonyl (C=O) groups excluding carboxylic acids is 2. The molecule has 0 saturated heterocycles. The summed E-state index contributed by atoms with van der Waals surface area (Å²) in [5.41, 5.74) is 1.17. The fourth-order valence-electron chi connectivity index (χ4n) is 1.96. The molecule has 0 unspecified atom stereocenters. The molecule has 116 valence electrons. The van der Waals surface area contributed by atoms with Crippen LogP contribution < -0.4 is 0 Å². The van der Waals surface area contributed by atoms with Gasteiger partial charge in [0.05, 0.1) is 24.8 Å². The number of ether oxygens (including phenoxy) is 1. The Bertz CT molecular complexity index is 534. The predicted molar refractivity (Wildman–Crippen MR) is 81.5 cm³/mol. The molecule has 0 aliphatic carbocycles. The van der Waals surface area contributed by atoms with Crippen LogP contribution in [-0.2, 0) is 9.53 Å². The number of aryl methyl sites for hydroxylation is 2. The van der Waals surface area contributed by atoms with Gasteiger partial charge in [-0.3, -0.25) is 9.59 Å². The summed E-state index contributed by atoms with van der Waals surface area (Å²) in [4.78, 5) is 34.1. The molecule has 1 heterocycles. The van der Waals surface area contributed by atoms with E-state index in [2.05, 4.69) is 14.7 Å². The van der Waals surface area contributed by atoms with Gasteiger partial charge in [-0.1, -0.05) is 0 Å². The molecule has 0 radical (unpaired) electrons. The highest BCUT2D eigenvalue weighted by molar-refractivity contribution is 7.98. The largest absolute Gasteiger partial charge is 0.469 e. The summed E-state index contributed by atoms with van der Waals surface area (Å²) in [6, 6.07) is 0. The summed E-state index contributed by atoms with van der Waals surface area (Å²) >= 11 is 1.42. The maximum absolute atomic E-state index is 12.7. The van der Waals surface area contributed by atoms with Gasteiger partial charge in [0.1, 0.15) is 10.9 Å². The second-order valence-electron chi connectivity index (χ2n) is 4.45. The van der Waals surface area contributed by atoms with Crippen molar-refractivity contribution in [2.75, 3.05) is 26.5 Å². The quantitative estimate of drug-likeness (QED) is 0.453. The van der Waals surface area contributed by atoms with Crippen LogP contribution in [0.4, 0.5) is 0 Å². The number of carbonyl (C=O) groups is 2. The Morgan fingerprint density at radius 2 is 1.95 bits per heavy atom. The molecule has 0 atom stereocenters. The van der Waals surface area contributed by atoms with Crippen LogP contribution in [0.2, 0.25) is 0 Å². The van der Waals surface area contributed by atoms with Crippen molar-refractivity contribution < 1.29 is 14.3 Å². The van der Waals surface area contributed by atoms with Crippen LogP contribution in [0.25, 0.3) is 0 Å². The smallest absolute Gasteiger partial charge is 0.307 e. The van der Waals surface area contributed by atoms with Crippen molar-refractivity contribution in [3.05, 3.63) is 17.1 Å². The number of rotatable bonds is 6. The fourth-order valence-corrected chi connectivity index (χ4v) is 2.63. The maximum atomic E-state index is 12.7. The lowest BCUT2D eigenvalue weighted by Crippen LogP contribution is -2.34. The summed E-state index contributed by atoms with van der Waals surface area (Å²) in [6.45, 7) is 6.31. The van der Waals surface area contributed by atoms with E-state index >= 15 is 0 Å². The molecule has 21 heavy (non-hydrogen) atoms. The van der Waals surface area contributed by atoms with Crippen molar-refractivity contribution in [3.63, 3.8) is 0 Å². The van der Waals surface area contributed by atoms with Gasteiger partial charge in [0.2, 0.25) is 0 Å². The molecule has 7 heteroatoms. The predicted octanol–water partition coefficient (Wildman–Crippen LogP) is 1.84. The van der Waals surface area contributed by atoms with Crippen LogP contribution in [0, 0.1) is 13.8 Å². The number of methoxy groups -OCH3 is 1. The zero-order valence-electron chi connectivity index (χ0n) is 13.1. The zero-order chi connectivity index (χ0) is 16.0. The van der Waals surface area contributed by atoms with Crippen LogP contribution >= 0.6 is 11.8 Å². The van der Waals surface area contributed by atoms with Gasteiger partial charge in [-0.25, -0.2) is 9.97 Å². The van der Waals surface area contributed by atoms with Crippen molar-refractivity contribution in [1.82, 2.24) is 14.9 Å². The highest BCUT2D eigenvalue weighted by Crippen LogP contribution is 2.22. The molecule has 0 aliphatic heterocycles. The van der Waals surface area contributed by atoms with E-state index in [1.54, 1.807) is 18.7 Å². The van der Waals surface area contributed by atoms with Crippen LogP contribution in [0.15, 0.2) is 5.03 Å². The third-order valence-corrected chi connectivity index (χ3v) is 3.74. The second kappa shape index (κ2) is 7.97. The van der Waals surface area contributed by atoms with Crippen molar-refractivity contribution >= 4 is 23.6 Å². The summed E-state index contributed by atoms with van der Waals surface area (Å²) in [6.07, 6.45) is 2.05. The monoisotopic (exact) mass is 311 g/mol. The van der Waals surface area contributed by atoms with Gasteiger partial charge in [0.25, 0.3) is 5.91 Å². The molecule has 0 spiro atoms. The van der Waals surface area contributed by atoms with E-state index in [9.17, 15) is 9.59 Å². The number of nitrogens with zero attached hydrogens (tertiary/aromatic N) is 3. The lowest BCUT2D eigenvalue weighted by molar-refractivity contribution is -0.140. The SMILES string of the molecule is CCN(CCC(=O)OC)C(=O)c1c(C)nc(C)nc1SC. The first-order valence-electron chi connectivity index (χ1n) is 6.69. The molecule has 0 bridgehead atoms. The molecule has 0 N–H and O–H groups in total. The van der Waals surface area contributed by atoms with E-state index in [1.165, 1.54) is 18.9 Å². The maximum Gasteiger partial charge on any atom is 0.307 e. The molecule has 0 fully saturated rings. The van der Waals surface area contributed by atoms with Crippen LogP contribution in [-0.4, -0.2) is 53.2 Å². The average molecular weight is 311 g/mol. The molecule has 0 saturated carbocycles. The van der Waals surface area contributed by atoms with Crippen molar-refractivity contribution in [1.29, 1.82) is 0 Å². The second-order valence-corrected chi connectivity index (χ2v) is 5.25. The Morgan fingerprint density at radius 1 is 1.29 bits per heavy atom. The summed E-state index contributed by atoms with van der Waals surface area (Å²) in [5.74, 6) is 0.164. The third kappa shape index (κ3) is 4.42. The topological polar surface area (TPSA) is 72.4 Å². The number of thioether (sulfide) groups is 1. The van der Waals surface area contributed by atoms with Crippen LogP contribution in [0.3, 0.4) is 0 Å². The molecule has 1 rings (SSSR count). The summed E-state index contributed by atoms with van der Waals surface area (Å²) in [5, 5.41) is 0.668. The van der Waals surface area contributed by atoms with Gasteiger partial charge in [-0.05, 0) is 27.0 Å². The standard InChI is InChI=1S/C14H21N3O3S/c1-6-17(8-7-11(18)20-4)14(19)12-9(2)15-10(3)16-13(12)21-5/h6-8H2,1-5H3. The Kier molecular flexibility index (Phi) is 6.61. The first-order valence-corrected chi connectivity index (χ1v) is 7.92. The number of hydrogen-bond donors (Lipinski definition) is 0. The van der Waals surface area contributed by atoms with Gasteiger partial charge < -0.3 is 9.64 Å². The molecule has 1 amide bonds. The van der Waals surface area contributed by atoms with E-state index in [0.717, 1.165) is 0 Å². The molecule has 1 aromatic rings. The number of amides is 1. The normalized spacial score (nSPS) is 10.3.